The molecule has 0 fully saturated rings. The molecular weight excluding hydrogens is 386 g/mol. The summed E-state index contributed by atoms with van der Waals surface area (Å²) in [4.78, 5) is 15.5. The molecule has 0 saturated carbocycles. The van der Waals surface area contributed by atoms with Gasteiger partial charge in [0.15, 0.2) is 0 Å². The molecule has 6 nitrogen and oxygen atoms in total. The number of benzene rings is 1. The van der Waals surface area contributed by atoms with Crippen molar-refractivity contribution in [3.63, 3.8) is 0 Å². The molecule has 2 aromatic heterocycles. The van der Waals surface area contributed by atoms with Crippen LogP contribution in [0, 0.1) is 0 Å². The molecule has 3 aromatic rings. The maximum absolute atomic E-state index is 5.85. The van der Waals surface area contributed by atoms with Gasteiger partial charge in [-0.1, -0.05) is 40.5 Å². The molecule has 0 aliphatic heterocycles. The third kappa shape index (κ3) is 6.12. The molecule has 4 rings (SSSR count). The van der Waals surface area contributed by atoms with Crippen LogP contribution < -0.4 is 5.73 Å². The van der Waals surface area contributed by atoms with Gasteiger partial charge in [-0.3, -0.25) is 9.88 Å². The first kappa shape index (κ1) is 26.8. The number of fused-ring (bicyclic) bond motifs is 2. The standard InChI is InChI=1S/C22H29N5O.3CH4/c1-28-17(14-23)11-13-27(15-21-25-18-8-2-3-9-19(18)26-21)20-10-4-6-16-7-5-12-24-22(16)20;;;/h2-3,5,7-9,12,17,20H,4,6,10-11,13-15,23H2,1H3,(H,25,26);3*1H4. The number of hydrogen-bond donors (Lipinski definition) is 2. The SMILES string of the molecule is C.C.C.COC(CN)CCN(Cc1nc2ccccc2[nH]1)C1CCCc2cccnc21. The van der Waals surface area contributed by atoms with Gasteiger partial charge in [0, 0.05) is 26.4 Å². The summed E-state index contributed by atoms with van der Waals surface area (Å²) in [5.74, 6) is 0.992. The van der Waals surface area contributed by atoms with Crippen molar-refractivity contribution < 1.29 is 4.74 Å². The molecule has 0 amide bonds. The Bertz CT molecular complexity index is 873. The van der Waals surface area contributed by atoms with E-state index in [1.807, 2.05) is 30.5 Å². The lowest BCUT2D eigenvalue weighted by Crippen LogP contribution is -2.35. The van der Waals surface area contributed by atoms with Gasteiger partial charge in [-0.15, -0.1) is 0 Å². The average molecular weight is 428 g/mol. The van der Waals surface area contributed by atoms with Gasteiger partial charge < -0.3 is 15.5 Å². The van der Waals surface area contributed by atoms with E-state index in [0.29, 0.717) is 12.6 Å². The smallest absolute Gasteiger partial charge is 0.121 e. The quantitative estimate of drug-likeness (QED) is 0.522. The summed E-state index contributed by atoms with van der Waals surface area (Å²) in [6.45, 7) is 2.19. The Morgan fingerprint density at radius 2 is 2.00 bits per heavy atom. The number of para-hydroxylation sites is 2. The van der Waals surface area contributed by atoms with E-state index in [9.17, 15) is 0 Å². The Kier molecular flexibility index (Phi) is 10.8. The summed E-state index contributed by atoms with van der Waals surface area (Å²) in [6, 6.07) is 12.7. The van der Waals surface area contributed by atoms with Gasteiger partial charge in [-0.05, 0) is 49.4 Å². The number of pyridine rings is 1. The molecule has 1 aromatic carbocycles. The number of nitrogens with zero attached hydrogens (tertiary/aromatic N) is 3. The van der Waals surface area contributed by atoms with Crippen molar-refractivity contribution in [2.75, 3.05) is 20.2 Å². The van der Waals surface area contributed by atoms with Gasteiger partial charge >= 0.3 is 0 Å². The number of ether oxygens (including phenoxy) is 1. The Morgan fingerprint density at radius 1 is 1.19 bits per heavy atom. The molecule has 0 radical (unpaired) electrons. The summed E-state index contributed by atoms with van der Waals surface area (Å²) < 4.78 is 5.51. The highest BCUT2D eigenvalue weighted by Gasteiger charge is 2.28. The lowest BCUT2D eigenvalue weighted by atomic mass is 9.90. The first-order valence-electron chi connectivity index (χ1n) is 10.1. The van der Waals surface area contributed by atoms with Gasteiger partial charge in [0.1, 0.15) is 5.82 Å². The molecule has 1 aliphatic rings. The van der Waals surface area contributed by atoms with Gasteiger partial charge in [0.2, 0.25) is 0 Å². The van der Waals surface area contributed by atoms with Crippen molar-refractivity contribution in [1.82, 2.24) is 19.9 Å². The Balaban J connectivity index is 0.00000160. The van der Waals surface area contributed by atoms with Crippen LogP contribution in [0.2, 0.25) is 0 Å². The zero-order valence-electron chi connectivity index (χ0n) is 16.5. The third-order valence-corrected chi connectivity index (χ3v) is 5.73. The van der Waals surface area contributed by atoms with Crippen LogP contribution in [-0.2, 0) is 17.7 Å². The topological polar surface area (TPSA) is 80.1 Å². The first-order chi connectivity index (χ1) is 13.8. The molecule has 0 saturated heterocycles. The molecule has 1 aliphatic carbocycles. The summed E-state index contributed by atoms with van der Waals surface area (Å²) in [7, 11) is 1.73. The van der Waals surface area contributed by atoms with Gasteiger partial charge in [0.25, 0.3) is 0 Å². The minimum Gasteiger partial charge on any atom is -0.380 e. The molecule has 2 unspecified atom stereocenters. The van der Waals surface area contributed by atoms with Crippen molar-refractivity contribution in [3.05, 3.63) is 59.7 Å². The number of aromatic amines is 1. The maximum atomic E-state index is 5.85. The van der Waals surface area contributed by atoms with E-state index in [0.717, 1.165) is 49.2 Å². The van der Waals surface area contributed by atoms with Gasteiger partial charge in [0.05, 0.1) is 35.4 Å². The van der Waals surface area contributed by atoms with Crippen LogP contribution in [0.5, 0.6) is 0 Å². The molecule has 0 bridgehead atoms. The molecule has 172 valence electrons. The molecule has 2 atom stereocenters. The normalized spacial score (nSPS) is 16.0. The van der Waals surface area contributed by atoms with E-state index in [-0.39, 0.29) is 28.4 Å². The fourth-order valence-electron chi connectivity index (χ4n) is 4.20. The molecular formula is C25H41N5O. The lowest BCUT2D eigenvalue weighted by molar-refractivity contribution is 0.0749. The molecule has 31 heavy (non-hydrogen) atoms. The Hall–Kier alpha value is -2.28. The largest absolute Gasteiger partial charge is 0.380 e. The third-order valence-electron chi connectivity index (χ3n) is 5.73. The van der Waals surface area contributed by atoms with Crippen LogP contribution in [0.25, 0.3) is 11.0 Å². The van der Waals surface area contributed by atoms with Crippen molar-refractivity contribution >= 4 is 11.0 Å². The average Bonchev–Trinajstić information content (AvgIpc) is 3.15. The molecule has 2 heterocycles. The highest BCUT2D eigenvalue weighted by molar-refractivity contribution is 5.74. The fraction of sp³-hybridized carbons (Fsp3) is 0.520. The molecule has 6 heteroatoms. The number of aromatic nitrogens is 3. The number of nitrogens with two attached hydrogens (primary N) is 1. The fourth-order valence-corrected chi connectivity index (χ4v) is 4.20. The maximum Gasteiger partial charge on any atom is 0.121 e. The van der Waals surface area contributed by atoms with Crippen LogP contribution in [0.15, 0.2) is 42.6 Å². The van der Waals surface area contributed by atoms with E-state index < -0.39 is 0 Å². The van der Waals surface area contributed by atoms with E-state index in [1.165, 1.54) is 17.7 Å². The summed E-state index contributed by atoms with van der Waals surface area (Å²) in [6.07, 6.45) is 6.29. The number of aryl methyl sites for hydroxylation is 1. The highest BCUT2D eigenvalue weighted by atomic mass is 16.5. The number of methoxy groups -OCH3 is 1. The van der Waals surface area contributed by atoms with Crippen molar-refractivity contribution in [2.24, 2.45) is 5.73 Å². The van der Waals surface area contributed by atoms with Crippen LogP contribution in [-0.4, -0.2) is 46.2 Å². The second kappa shape index (κ2) is 12.5. The summed E-state index contributed by atoms with van der Waals surface area (Å²) in [5.41, 5.74) is 10.5. The van der Waals surface area contributed by atoms with Gasteiger partial charge in [-0.25, -0.2) is 4.98 Å². The number of nitrogens with one attached hydrogen (secondary N) is 1. The summed E-state index contributed by atoms with van der Waals surface area (Å²) >= 11 is 0. The number of rotatable bonds is 8. The zero-order valence-corrected chi connectivity index (χ0v) is 16.5. The molecule has 3 N–H and O–H groups in total. The minimum atomic E-state index is 0. The first-order valence-corrected chi connectivity index (χ1v) is 10.1. The lowest BCUT2D eigenvalue weighted by Gasteiger charge is -2.35. The van der Waals surface area contributed by atoms with E-state index in [2.05, 4.69) is 22.0 Å². The highest BCUT2D eigenvalue weighted by Crippen LogP contribution is 2.33. The number of hydrogen-bond acceptors (Lipinski definition) is 5. The molecule has 0 spiro atoms. The minimum absolute atomic E-state index is 0. The van der Waals surface area contributed by atoms with Crippen molar-refractivity contribution in [2.45, 2.75) is 66.7 Å². The predicted molar refractivity (Wildman–Crippen MR) is 131 cm³/mol. The zero-order chi connectivity index (χ0) is 19.3. The number of imidazole rings is 1. The van der Waals surface area contributed by atoms with Crippen LogP contribution in [0.3, 0.4) is 0 Å². The van der Waals surface area contributed by atoms with E-state index in [1.54, 1.807) is 7.11 Å². The van der Waals surface area contributed by atoms with Crippen LogP contribution in [0.1, 0.15) is 64.7 Å². The number of H-pyrrole nitrogens is 1. The van der Waals surface area contributed by atoms with Crippen molar-refractivity contribution in [3.8, 4) is 0 Å². The van der Waals surface area contributed by atoms with E-state index >= 15 is 0 Å². The van der Waals surface area contributed by atoms with E-state index in [4.69, 9.17) is 20.4 Å². The second-order valence-electron chi connectivity index (χ2n) is 7.51. The second-order valence-corrected chi connectivity index (χ2v) is 7.51. The van der Waals surface area contributed by atoms with Crippen molar-refractivity contribution in [1.29, 1.82) is 0 Å². The predicted octanol–water partition coefficient (Wildman–Crippen LogP) is 5.11. The van der Waals surface area contributed by atoms with Crippen LogP contribution >= 0.6 is 0 Å². The van der Waals surface area contributed by atoms with Crippen LogP contribution in [0.4, 0.5) is 0 Å². The van der Waals surface area contributed by atoms with Gasteiger partial charge in [-0.2, -0.15) is 0 Å². The Labute approximate surface area is 188 Å². The Morgan fingerprint density at radius 3 is 2.74 bits per heavy atom. The summed E-state index contributed by atoms with van der Waals surface area (Å²) in [5, 5.41) is 0. The monoisotopic (exact) mass is 427 g/mol.